The number of ether oxygens (including phenoxy) is 4. The normalized spacial score (nSPS) is 14.3. The van der Waals surface area contributed by atoms with Crippen LogP contribution >= 0.6 is 15.6 Å². The molecular formula is C63H122O17P2. The van der Waals surface area contributed by atoms with Crippen LogP contribution in [0.2, 0.25) is 0 Å². The summed E-state index contributed by atoms with van der Waals surface area (Å²) < 4.78 is 67.9. The molecule has 82 heavy (non-hydrogen) atoms. The lowest BCUT2D eigenvalue weighted by atomic mass is 10.0. The summed E-state index contributed by atoms with van der Waals surface area (Å²) in [6.45, 7) is 7.15. The molecular weight excluding hydrogens is 1090 g/mol. The molecule has 0 amide bonds. The van der Waals surface area contributed by atoms with Crippen LogP contribution in [0.3, 0.4) is 0 Å². The van der Waals surface area contributed by atoms with E-state index in [1.807, 2.05) is 0 Å². The maximum absolute atomic E-state index is 13.0. The van der Waals surface area contributed by atoms with E-state index in [-0.39, 0.29) is 25.7 Å². The summed E-state index contributed by atoms with van der Waals surface area (Å²) in [5, 5.41) is 10.5. The van der Waals surface area contributed by atoms with Crippen molar-refractivity contribution < 1.29 is 80.2 Å². The molecule has 0 saturated heterocycles. The largest absolute Gasteiger partial charge is 0.472 e. The van der Waals surface area contributed by atoms with Gasteiger partial charge in [0.2, 0.25) is 0 Å². The Kier molecular flexibility index (Phi) is 55.5. The molecule has 0 aliphatic heterocycles. The van der Waals surface area contributed by atoms with Crippen LogP contribution in [0.4, 0.5) is 0 Å². The summed E-state index contributed by atoms with van der Waals surface area (Å²) in [6, 6.07) is 0. The highest BCUT2D eigenvalue weighted by atomic mass is 31.2. The van der Waals surface area contributed by atoms with Gasteiger partial charge in [0.25, 0.3) is 0 Å². The van der Waals surface area contributed by atoms with Crippen molar-refractivity contribution in [2.75, 3.05) is 39.6 Å². The number of esters is 4. The Labute approximate surface area is 498 Å². The number of hydrogen-bond acceptors (Lipinski definition) is 15. The van der Waals surface area contributed by atoms with Crippen molar-refractivity contribution in [2.24, 2.45) is 5.92 Å². The Morgan fingerprint density at radius 2 is 0.561 bits per heavy atom. The minimum absolute atomic E-state index is 0.106. The maximum atomic E-state index is 13.0. The Balaban J connectivity index is 5.22. The van der Waals surface area contributed by atoms with E-state index in [1.165, 1.54) is 135 Å². The molecule has 0 fully saturated rings. The predicted octanol–water partition coefficient (Wildman–Crippen LogP) is 17.4. The number of rotatable bonds is 63. The van der Waals surface area contributed by atoms with Crippen LogP contribution in [0, 0.1) is 5.92 Å². The van der Waals surface area contributed by atoms with Crippen LogP contribution in [0.5, 0.6) is 0 Å². The smallest absolute Gasteiger partial charge is 0.462 e. The summed E-state index contributed by atoms with van der Waals surface area (Å²) in [7, 11) is -9.88. The molecule has 0 aliphatic carbocycles. The molecule has 2 unspecified atom stereocenters. The molecule has 5 atom stereocenters. The van der Waals surface area contributed by atoms with Gasteiger partial charge in [0.15, 0.2) is 12.2 Å². The third-order valence-electron chi connectivity index (χ3n) is 14.5. The van der Waals surface area contributed by atoms with Gasteiger partial charge < -0.3 is 33.8 Å². The Morgan fingerprint density at radius 1 is 0.329 bits per heavy atom. The van der Waals surface area contributed by atoms with Crippen LogP contribution in [0.1, 0.15) is 317 Å². The van der Waals surface area contributed by atoms with E-state index in [4.69, 9.17) is 37.0 Å². The summed E-state index contributed by atoms with van der Waals surface area (Å²) in [6.07, 6.45) is 40.2. The van der Waals surface area contributed by atoms with Crippen molar-refractivity contribution in [2.45, 2.75) is 335 Å². The first-order valence-electron chi connectivity index (χ1n) is 33.1. The van der Waals surface area contributed by atoms with Crippen molar-refractivity contribution in [1.29, 1.82) is 0 Å². The first-order chi connectivity index (χ1) is 39.5. The molecule has 0 bridgehead atoms. The van der Waals surface area contributed by atoms with Gasteiger partial charge in [-0.1, -0.05) is 266 Å². The van der Waals surface area contributed by atoms with Crippen LogP contribution in [-0.4, -0.2) is 96.7 Å². The monoisotopic (exact) mass is 1210 g/mol. The average Bonchev–Trinajstić information content (AvgIpc) is 3.44. The summed E-state index contributed by atoms with van der Waals surface area (Å²) in [5.74, 6) is -1.37. The lowest BCUT2D eigenvalue weighted by Crippen LogP contribution is -2.30. The SMILES string of the molecule is CCCCCCCCCCCCC(=O)OC[C@H](COP(=O)(O)OC[C@@H](O)COP(=O)(O)OC[C@@H](COC(=O)CCCCCCCCCC)OC(=O)CCCCCCCCCCCC)OC(=O)CCCCCCCCCCCCCC(C)C. The molecule has 0 spiro atoms. The Morgan fingerprint density at radius 3 is 0.829 bits per heavy atom. The molecule has 19 heteroatoms. The summed E-state index contributed by atoms with van der Waals surface area (Å²) in [4.78, 5) is 72.1. The fourth-order valence-corrected chi connectivity index (χ4v) is 11.0. The number of hydrogen-bond donors (Lipinski definition) is 3. The highest BCUT2D eigenvalue weighted by molar-refractivity contribution is 7.47. The number of carbonyl (C=O) groups is 4. The Hall–Kier alpha value is -1.94. The molecule has 0 radical (unpaired) electrons. The minimum Gasteiger partial charge on any atom is -0.462 e. The topological polar surface area (TPSA) is 237 Å². The van der Waals surface area contributed by atoms with E-state index in [0.717, 1.165) is 102 Å². The van der Waals surface area contributed by atoms with E-state index in [0.29, 0.717) is 25.7 Å². The van der Waals surface area contributed by atoms with Gasteiger partial charge >= 0.3 is 39.5 Å². The van der Waals surface area contributed by atoms with Crippen LogP contribution < -0.4 is 0 Å². The summed E-state index contributed by atoms with van der Waals surface area (Å²) >= 11 is 0. The lowest BCUT2D eigenvalue weighted by Gasteiger charge is -2.21. The predicted molar refractivity (Wildman–Crippen MR) is 326 cm³/mol. The Bertz CT molecular complexity index is 1600. The van der Waals surface area contributed by atoms with Gasteiger partial charge in [-0.05, 0) is 31.6 Å². The number of aliphatic hydroxyl groups is 1. The third kappa shape index (κ3) is 57.2. The van der Waals surface area contributed by atoms with Gasteiger partial charge in [-0.2, -0.15) is 0 Å². The number of unbranched alkanes of at least 4 members (excludes halogenated alkanes) is 35. The van der Waals surface area contributed by atoms with Gasteiger partial charge in [0, 0.05) is 25.7 Å². The molecule has 0 heterocycles. The average molecular weight is 1210 g/mol. The summed E-state index contributed by atoms with van der Waals surface area (Å²) in [5.41, 5.74) is 0. The molecule has 0 rings (SSSR count). The van der Waals surface area contributed by atoms with Gasteiger partial charge in [0.05, 0.1) is 26.4 Å². The quantitative estimate of drug-likeness (QED) is 0.0222. The van der Waals surface area contributed by atoms with E-state index in [2.05, 4.69) is 34.6 Å². The van der Waals surface area contributed by atoms with Gasteiger partial charge in [0.1, 0.15) is 19.3 Å². The van der Waals surface area contributed by atoms with Crippen molar-refractivity contribution in [3.05, 3.63) is 0 Å². The molecule has 0 saturated carbocycles. The number of phosphoric acid groups is 2. The number of phosphoric ester groups is 2. The highest BCUT2D eigenvalue weighted by Gasteiger charge is 2.30. The molecule has 0 aromatic carbocycles. The minimum atomic E-state index is -4.94. The first kappa shape index (κ1) is 80.1. The van der Waals surface area contributed by atoms with E-state index in [9.17, 15) is 43.2 Å². The molecule has 0 aliphatic rings. The van der Waals surface area contributed by atoms with Crippen molar-refractivity contribution in [3.8, 4) is 0 Å². The van der Waals surface area contributed by atoms with E-state index >= 15 is 0 Å². The molecule has 0 aromatic heterocycles. The maximum Gasteiger partial charge on any atom is 0.472 e. The molecule has 17 nitrogen and oxygen atoms in total. The highest BCUT2D eigenvalue weighted by Crippen LogP contribution is 2.45. The van der Waals surface area contributed by atoms with Crippen molar-refractivity contribution in [1.82, 2.24) is 0 Å². The zero-order valence-corrected chi connectivity index (χ0v) is 54.4. The van der Waals surface area contributed by atoms with E-state index < -0.39 is 97.5 Å². The lowest BCUT2D eigenvalue weighted by molar-refractivity contribution is -0.161. The second kappa shape index (κ2) is 56.8. The second-order valence-electron chi connectivity index (χ2n) is 23.3. The molecule has 0 aromatic rings. The number of carbonyl (C=O) groups excluding carboxylic acids is 4. The first-order valence-corrected chi connectivity index (χ1v) is 36.1. The van der Waals surface area contributed by atoms with Crippen LogP contribution in [0.25, 0.3) is 0 Å². The van der Waals surface area contributed by atoms with E-state index in [1.54, 1.807) is 0 Å². The number of aliphatic hydroxyl groups excluding tert-OH is 1. The van der Waals surface area contributed by atoms with Crippen LogP contribution in [-0.2, 0) is 65.4 Å². The van der Waals surface area contributed by atoms with Gasteiger partial charge in [-0.3, -0.25) is 37.3 Å². The van der Waals surface area contributed by atoms with Gasteiger partial charge in [-0.15, -0.1) is 0 Å². The zero-order chi connectivity index (χ0) is 60.6. The molecule has 3 N–H and O–H groups in total. The van der Waals surface area contributed by atoms with Crippen molar-refractivity contribution in [3.63, 3.8) is 0 Å². The van der Waals surface area contributed by atoms with Crippen LogP contribution in [0.15, 0.2) is 0 Å². The fourth-order valence-electron chi connectivity index (χ4n) is 9.41. The second-order valence-corrected chi connectivity index (χ2v) is 26.2. The standard InChI is InChI=1S/C63H122O17P2/c1-6-9-12-15-18-21-27-32-37-42-47-61(66)74-53-59(80-63(68)49-44-39-34-29-25-23-24-26-30-35-40-45-56(4)5)55-78-82(71,72)76-51-57(64)50-75-81(69,70)77-54-58(52-73-60(65)46-41-36-31-20-17-14-11-8-3)79-62(67)48-43-38-33-28-22-19-16-13-10-7-2/h56-59,64H,6-55H2,1-5H3,(H,69,70)(H,71,72)/t57-,58+,59+/m0/s1. The fraction of sp³-hybridized carbons (Fsp3) is 0.937. The zero-order valence-electron chi connectivity index (χ0n) is 52.6. The van der Waals surface area contributed by atoms with Crippen molar-refractivity contribution >= 4 is 39.5 Å². The molecule has 486 valence electrons. The third-order valence-corrected chi connectivity index (χ3v) is 16.4. The van der Waals surface area contributed by atoms with Gasteiger partial charge in [-0.25, -0.2) is 9.13 Å².